The second kappa shape index (κ2) is 6.99. The van der Waals surface area contributed by atoms with Crippen LogP contribution in [-0.2, 0) is 4.79 Å². The van der Waals surface area contributed by atoms with Crippen LogP contribution in [0.15, 0.2) is 24.3 Å². The van der Waals surface area contributed by atoms with Gasteiger partial charge in [-0.15, -0.1) is 0 Å². The van der Waals surface area contributed by atoms with Crippen molar-refractivity contribution in [3.8, 4) is 5.75 Å². The Kier molecular flexibility index (Phi) is 5.03. The molecule has 0 saturated carbocycles. The Bertz CT molecular complexity index is 417. The number of para-hydroxylation sites is 2. The van der Waals surface area contributed by atoms with E-state index in [0.717, 1.165) is 37.4 Å². The van der Waals surface area contributed by atoms with Crippen molar-refractivity contribution in [2.45, 2.75) is 25.3 Å². The van der Waals surface area contributed by atoms with Crippen LogP contribution in [-0.4, -0.2) is 31.6 Å². The maximum absolute atomic E-state index is 10.7. The number of piperidine rings is 1. The van der Waals surface area contributed by atoms with Gasteiger partial charge in [0.05, 0.1) is 18.7 Å². The van der Waals surface area contributed by atoms with Crippen LogP contribution < -0.4 is 21.1 Å². The average molecular weight is 263 g/mol. The third-order valence-corrected chi connectivity index (χ3v) is 3.19. The van der Waals surface area contributed by atoms with Crippen LogP contribution in [0.2, 0.25) is 0 Å². The van der Waals surface area contributed by atoms with E-state index < -0.39 is 0 Å². The Labute approximate surface area is 113 Å². The topological polar surface area (TPSA) is 76.4 Å². The predicted molar refractivity (Wildman–Crippen MR) is 75.3 cm³/mol. The van der Waals surface area contributed by atoms with E-state index in [1.165, 1.54) is 0 Å². The predicted octanol–water partition coefficient (Wildman–Crippen LogP) is 1.10. The molecule has 0 radical (unpaired) electrons. The fourth-order valence-electron chi connectivity index (χ4n) is 2.16. The highest BCUT2D eigenvalue weighted by Gasteiger charge is 2.14. The van der Waals surface area contributed by atoms with Gasteiger partial charge in [-0.05, 0) is 38.1 Å². The minimum atomic E-state index is -0.344. The van der Waals surface area contributed by atoms with E-state index in [4.69, 9.17) is 10.5 Å². The highest BCUT2D eigenvalue weighted by molar-refractivity contribution is 5.73. The summed E-state index contributed by atoms with van der Waals surface area (Å²) in [5, 5.41) is 6.85. The second-order valence-electron chi connectivity index (χ2n) is 4.73. The molecule has 19 heavy (non-hydrogen) atoms. The van der Waals surface area contributed by atoms with E-state index in [9.17, 15) is 4.79 Å². The number of hydrogen-bond acceptors (Lipinski definition) is 4. The Balaban J connectivity index is 1.93. The van der Waals surface area contributed by atoms with Crippen LogP contribution in [0.3, 0.4) is 0 Å². The fourth-order valence-corrected chi connectivity index (χ4v) is 2.16. The van der Waals surface area contributed by atoms with E-state index in [2.05, 4.69) is 10.6 Å². The Morgan fingerprint density at radius 1 is 1.37 bits per heavy atom. The summed E-state index contributed by atoms with van der Waals surface area (Å²) in [4.78, 5) is 10.7. The van der Waals surface area contributed by atoms with Gasteiger partial charge in [-0.2, -0.15) is 0 Å². The first kappa shape index (κ1) is 13.7. The van der Waals surface area contributed by atoms with Gasteiger partial charge in [-0.25, -0.2) is 0 Å². The molecule has 0 bridgehead atoms. The standard InChI is InChI=1S/C14H21N3O2/c15-14(18)7-10-19-13-4-2-1-3-12(13)17-11-5-8-16-9-6-11/h1-4,11,16-17H,5-10H2,(H2,15,18). The number of amides is 1. The van der Waals surface area contributed by atoms with Crippen molar-refractivity contribution in [1.29, 1.82) is 0 Å². The molecule has 1 aromatic rings. The quantitative estimate of drug-likeness (QED) is 0.718. The number of nitrogens with one attached hydrogen (secondary N) is 2. The molecule has 4 N–H and O–H groups in total. The number of nitrogens with two attached hydrogens (primary N) is 1. The van der Waals surface area contributed by atoms with E-state index >= 15 is 0 Å². The summed E-state index contributed by atoms with van der Waals surface area (Å²) in [6.07, 6.45) is 2.45. The zero-order chi connectivity index (χ0) is 13.5. The normalized spacial score (nSPS) is 16.0. The Morgan fingerprint density at radius 2 is 2.11 bits per heavy atom. The molecular weight excluding hydrogens is 242 g/mol. The van der Waals surface area contributed by atoms with Crippen LogP contribution in [0.25, 0.3) is 0 Å². The number of ether oxygens (including phenoxy) is 1. The number of anilines is 1. The largest absolute Gasteiger partial charge is 0.491 e. The van der Waals surface area contributed by atoms with Crippen LogP contribution in [0.1, 0.15) is 19.3 Å². The number of primary amides is 1. The van der Waals surface area contributed by atoms with Crippen molar-refractivity contribution < 1.29 is 9.53 Å². The van der Waals surface area contributed by atoms with Gasteiger partial charge < -0.3 is 21.1 Å². The minimum Gasteiger partial charge on any atom is -0.491 e. The van der Waals surface area contributed by atoms with Crippen molar-refractivity contribution in [3.63, 3.8) is 0 Å². The number of carbonyl (C=O) groups is 1. The molecule has 1 aliphatic rings. The zero-order valence-electron chi connectivity index (χ0n) is 11.0. The molecule has 104 valence electrons. The van der Waals surface area contributed by atoms with Crippen molar-refractivity contribution in [3.05, 3.63) is 24.3 Å². The van der Waals surface area contributed by atoms with Gasteiger partial charge >= 0.3 is 0 Å². The highest BCUT2D eigenvalue weighted by atomic mass is 16.5. The van der Waals surface area contributed by atoms with E-state index in [0.29, 0.717) is 12.6 Å². The number of carbonyl (C=O) groups excluding carboxylic acids is 1. The molecule has 0 aliphatic carbocycles. The zero-order valence-corrected chi connectivity index (χ0v) is 11.0. The SMILES string of the molecule is NC(=O)CCOc1ccccc1NC1CCNCC1. The van der Waals surface area contributed by atoms with Crippen molar-refractivity contribution in [2.75, 3.05) is 25.0 Å². The lowest BCUT2D eigenvalue weighted by Crippen LogP contribution is -2.35. The molecule has 1 heterocycles. The van der Waals surface area contributed by atoms with Gasteiger partial charge in [-0.3, -0.25) is 4.79 Å². The van der Waals surface area contributed by atoms with E-state index in [1.54, 1.807) is 0 Å². The lowest BCUT2D eigenvalue weighted by Gasteiger charge is -2.25. The number of rotatable bonds is 6. The molecule has 5 heteroatoms. The molecule has 0 aromatic heterocycles. The van der Waals surface area contributed by atoms with Gasteiger partial charge in [0.1, 0.15) is 5.75 Å². The van der Waals surface area contributed by atoms with E-state index in [1.807, 2.05) is 24.3 Å². The molecule has 0 unspecified atom stereocenters. The molecule has 1 saturated heterocycles. The molecule has 0 atom stereocenters. The Hall–Kier alpha value is -1.75. The molecule has 1 aromatic carbocycles. The third-order valence-electron chi connectivity index (χ3n) is 3.19. The summed E-state index contributed by atoms with van der Waals surface area (Å²) in [7, 11) is 0. The van der Waals surface area contributed by atoms with Gasteiger partial charge in [0, 0.05) is 6.04 Å². The van der Waals surface area contributed by atoms with Crippen LogP contribution >= 0.6 is 0 Å². The van der Waals surface area contributed by atoms with Gasteiger partial charge in [0.15, 0.2) is 0 Å². The lowest BCUT2D eigenvalue weighted by atomic mass is 10.1. The highest BCUT2D eigenvalue weighted by Crippen LogP contribution is 2.25. The molecule has 2 rings (SSSR count). The molecule has 0 spiro atoms. The first-order chi connectivity index (χ1) is 9.25. The van der Waals surface area contributed by atoms with Gasteiger partial charge in [0.25, 0.3) is 0 Å². The fraction of sp³-hybridized carbons (Fsp3) is 0.500. The summed E-state index contributed by atoms with van der Waals surface area (Å²) in [6, 6.07) is 8.28. The van der Waals surface area contributed by atoms with Gasteiger partial charge in [-0.1, -0.05) is 12.1 Å². The van der Waals surface area contributed by atoms with Crippen molar-refractivity contribution in [2.24, 2.45) is 5.73 Å². The van der Waals surface area contributed by atoms with Crippen molar-refractivity contribution in [1.82, 2.24) is 5.32 Å². The average Bonchev–Trinajstić information content (AvgIpc) is 2.41. The summed E-state index contributed by atoms with van der Waals surface area (Å²) in [5.74, 6) is 0.436. The molecule has 1 fully saturated rings. The lowest BCUT2D eigenvalue weighted by molar-refractivity contribution is -0.118. The van der Waals surface area contributed by atoms with Gasteiger partial charge in [0.2, 0.25) is 5.91 Å². The molecule has 1 aliphatic heterocycles. The smallest absolute Gasteiger partial charge is 0.220 e. The summed E-state index contributed by atoms with van der Waals surface area (Å²) in [6.45, 7) is 2.41. The summed E-state index contributed by atoms with van der Waals surface area (Å²) >= 11 is 0. The molecular formula is C14H21N3O2. The number of benzene rings is 1. The maximum Gasteiger partial charge on any atom is 0.220 e. The monoisotopic (exact) mass is 263 g/mol. The Morgan fingerprint density at radius 3 is 2.84 bits per heavy atom. The summed E-state index contributed by atoms with van der Waals surface area (Å²) < 4.78 is 5.61. The van der Waals surface area contributed by atoms with Crippen LogP contribution in [0, 0.1) is 0 Å². The van der Waals surface area contributed by atoms with Crippen LogP contribution in [0.5, 0.6) is 5.75 Å². The number of hydrogen-bond donors (Lipinski definition) is 3. The van der Waals surface area contributed by atoms with E-state index in [-0.39, 0.29) is 12.3 Å². The first-order valence-electron chi connectivity index (χ1n) is 6.73. The third kappa shape index (κ3) is 4.44. The summed E-state index contributed by atoms with van der Waals surface area (Å²) in [5.41, 5.74) is 6.09. The molecule has 1 amide bonds. The maximum atomic E-state index is 10.7. The second-order valence-corrected chi connectivity index (χ2v) is 4.73. The van der Waals surface area contributed by atoms with Crippen LogP contribution in [0.4, 0.5) is 5.69 Å². The minimum absolute atomic E-state index is 0.238. The molecule has 5 nitrogen and oxygen atoms in total. The first-order valence-corrected chi connectivity index (χ1v) is 6.73. The van der Waals surface area contributed by atoms with Crippen molar-refractivity contribution >= 4 is 11.6 Å².